The van der Waals surface area contributed by atoms with E-state index in [2.05, 4.69) is 10.3 Å². The molecule has 1 fully saturated rings. The van der Waals surface area contributed by atoms with E-state index in [0.29, 0.717) is 11.5 Å². The number of hydrogen-bond donors (Lipinski definition) is 2. The first-order valence-corrected chi connectivity index (χ1v) is 6.02. The number of aliphatic imine (C=N–C) groups is 1. The van der Waals surface area contributed by atoms with Crippen LogP contribution in [0.15, 0.2) is 29.3 Å². The highest BCUT2D eigenvalue weighted by molar-refractivity contribution is 6.28. The largest absolute Gasteiger partial charge is 0.386 e. The molecule has 0 saturated heterocycles. The van der Waals surface area contributed by atoms with Crippen molar-refractivity contribution in [3.8, 4) is 0 Å². The summed E-state index contributed by atoms with van der Waals surface area (Å²) in [5.74, 6) is 0.822. The van der Waals surface area contributed by atoms with Gasteiger partial charge in [-0.1, -0.05) is 6.07 Å². The van der Waals surface area contributed by atoms with Gasteiger partial charge in [-0.3, -0.25) is 4.79 Å². The van der Waals surface area contributed by atoms with Gasteiger partial charge in [-0.05, 0) is 31.0 Å². The van der Waals surface area contributed by atoms with Gasteiger partial charge >= 0.3 is 0 Å². The molecule has 0 atom stereocenters. The summed E-state index contributed by atoms with van der Waals surface area (Å²) in [4.78, 5) is 15.7. The Bertz CT molecular complexity index is 455. The third-order valence-corrected chi connectivity index (χ3v) is 2.75. The maximum absolute atomic E-state index is 11.6. The Morgan fingerprint density at radius 1 is 1.53 bits per heavy atom. The summed E-state index contributed by atoms with van der Waals surface area (Å²) < 4.78 is 0. The zero-order valence-electron chi connectivity index (χ0n) is 9.32. The van der Waals surface area contributed by atoms with Crippen LogP contribution in [-0.4, -0.2) is 17.6 Å². The van der Waals surface area contributed by atoms with E-state index in [9.17, 15) is 4.79 Å². The molecule has 1 aliphatic carbocycles. The standard InChI is InChI=1S/C12H14ClN3O/c13-7-11(14)15-9-2-1-3-10(6-9)16-12(17)8-4-5-8/h1-3,6,8H,4-5,7H2,(H2,14,15)(H,16,17). The lowest BCUT2D eigenvalue weighted by molar-refractivity contribution is -0.117. The Labute approximate surface area is 105 Å². The van der Waals surface area contributed by atoms with Crippen molar-refractivity contribution in [3.63, 3.8) is 0 Å². The molecule has 1 aromatic carbocycles. The van der Waals surface area contributed by atoms with Crippen LogP contribution >= 0.6 is 11.6 Å². The molecule has 3 N–H and O–H groups in total. The van der Waals surface area contributed by atoms with Crippen LogP contribution in [0.5, 0.6) is 0 Å². The van der Waals surface area contributed by atoms with Crippen molar-refractivity contribution in [1.29, 1.82) is 0 Å². The zero-order chi connectivity index (χ0) is 12.3. The Hall–Kier alpha value is -1.55. The van der Waals surface area contributed by atoms with Crippen molar-refractivity contribution in [3.05, 3.63) is 24.3 Å². The quantitative estimate of drug-likeness (QED) is 0.490. The summed E-state index contributed by atoms with van der Waals surface area (Å²) in [6.07, 6.45) is 1.98. The topological polar surface area (TPSA) is 67.5 Å². The first-order valence-electron chi connectivity index (χ1n) is 5.49. The molecule has 5 heteroatoms. The fourth-order valence-corrected chi connectivity index (χ4v) is 1.50. The van der Waals surface area contributed by atoms with Crippen LogP contribution in [0.2, 0.25) is 0 Å². The van der Waals surface area contributed by atoms with Gasteiger partial charge in [0.05, 0.1) is 11.6 Å². The Morgan fingerprint density at radius 2 is 2.29 bits per heavy atom. The molecule has 1 saturated carbocycles. The van der Waals surface area contributed by atoms with Gasteiger partial charge in [0.1, 0.15) is 5.84 Å². The van der Waals surface area contributed by atoms with E-state index < -0.39 is 0 Å². The Balaban J connectivity index is 2.08. The van der Waals surface area contributed by atoms with Crippen molar-refractivity contribution < 1.29 is 4.79 Å². The summed E-state index contributed by atoms with van der Waals surface area (Å²) in [5.41, 5.74) is 6.98. The average molecular weight is 252 g/mol. The first-order chi connectivity index (χ1) is 8.19. The Kier molecular flexibility index (Phi) is 3.64. The number of anilines is 1. The summed E-state index contributed by atoms with van der Waals surface area (Å²) >= 11 is 5.55. The van der Waals surface area contributed by atoms with E-state index in [1.807, 2.05) is 18.2 Å². The van der Waals surface area contributed by atoms with Crippen LogP contribution in [0.1, 0.15) is 12.8 Å². The van der Waals surface area contributed by atoms with Crippen molar-refractivity contribution in [2.24, 2.45) is 16.6 Å². The highest BCUT2D eigenvalue weighted by Gasteiger charge is 2.29. The molecule has 0 aliphatic heterocycles. The van der Waals surface area contributed by atoms with E-state index in [-0.39, 0.29) is 17.7 Å². The molecule has 1 aromatic rings. The molecule has 1 aliphatic rings. The molecular weight excluding hydrogens is 238 g/mol. The lowest BCUT2D eigenvalue weighted by atomic mass is 10.2. The SMILES string of the molecule is NC(CCl)=Nc1cccc(NC(=O)C2CC2)c1. The number of alkyl halides is 1. The normalized spacial score (nSPS) is 15.7. The predicted octanol–water partition coefficient (Wildman–Crippen LogP) is 2.26. The minimum absolute atomic E-state index is 0.0800. The highest BCUT2D eigenvalue weighted by atomic mass is 35.5. The molecule has 1 amide bonds. The van der Waals surface area contributed by atoms with E-state index in [4.69, 9.17) is 17.3 Å². The molecule has 0 radical (unpaired) electrons. The first kappa shape index (κ1) is 11.9. The number of carbonyl (C=O) groups excluding carboxylic acids is 1. The molecule has 0 spiro atoms. The zero-order valence-corrected chi connectivity index (χ0v) is 10.1. The van der Waals surface area contributed by atoms with Crippen molar-refractivity contribution in [2.45, 2.75) is 12.8 Å². The monoisotopic (exact) mass is 251 g/mol. The highest BCUT2D eigenvalue weighted by Crippen LogP contribution is 2.30. The molecule has 0 unspecified atom stereocenters. The second-order valence-corrected chi connectivity index (χ2v) is 4.32. The van der Waals surface area contributed by atoms with Gasteiger partial charge in [-0.15, -0.1) is 11.6 Å². The second-order valence-electron chi connectivity index (χ2n) is 4.05. The molecule has 0 heterocycles. The van der Waals surface area contributed by atoms with E-state index in [1.165, 1.54) is 0 Å². The predicted molar refractivity (Wildman–Crippen MR) is 69.8 cm³/mol. The van der Waals surface area contributed by atoms with Gasteiger partial charge in [-0.2, -0.15) is 0 Å². The molecule has 90 valence electrons. The fraction of sp³-hybridized carbons (Fsp3) is 0.333. The summed E-state index contributed by atoms with van der Waals surface area (Å²) in [7, 11) is 0. The molecule has 0 bridgehead atoms. The number of rotatable bonds is 4. The number of amidine groups is 1. The Morgan fingerprint density at radius 3 is 2.94 bits per heavy atom. The summed E-state index contributed by atoms with van der Waals surface area (Å²) in [5, 5.41) is 2.85. The molecule has 0 aromatic heterocycles. The third kappa shape index (κ3) is 3.46. The third-order valence-electron chi connectivity index (χ3n) is 2.47. The lowest BCUT2D eigenvalue weighted by Crippen LogP contribution is -2.13. The van der Waals surface area contributed by atoms with Gasteiger partial charge in [0.15, 0.2) is 0 Å². The van der Waals surface area contributed by atoms with E-state index in [1.54, 1.807) is 6.07 Å². The number of nitrogens with zero attached hydrogens (tertiary/aromatic N) is 1. The van der Waals surface area contributed by atoms with Crippen LogP contribution in [0.4, 0.5) is 11.4 Å². The molecule has 2 rings (SSSR count). The number of nitrogens with two attached hydrogens (primary N) is 1. The van der Waals surface area contributed by atoms with Crippen molar-refractivity contribution in [1.82, 2.24) is 0 Å². The van der Waals surface area contributed by atoms with Crippen LogP contribution in [0.25, 0.3) is 0 Å². The smallest absolute Gasteiger partial charge is 0.227 e. The van der Waals surface area contributed by atoms with Crippen LogP contribution in [-0.2, 0) is 4.79 Å². The number of nitrogens with one attached hydrogen (secondary N) is 1. The average Bonchev–Trinajstić information content (AvgIpc) is 3.13. The number of amides is 1. The number of benzene rings is 1. The summed E-state index contributed by atoms with van der Waals surface area (Å²) in [6.45, 7) is 0. The van der Waals surface area contributed by atoms with Gasteiger partial charge in [0, 0.05) is 11.6 Å². The van der Waals surface area contributed by atoms with E-state index in [0.717, 1.165) is 18.5 Å². The molecule has 17 heavy (non-hydrogen) atoms. The van der Waals surface area contributed by atoms with Crippen molar-refractivity contribution in [2.75, 3.05) is 11.2 Å². The van der Waals surface area contributed by atoms with Crippen LogP contribution in [0.3, 0.4) is 0 Å². The van der Waals surface area contributed by atoms with Gasteiger partial charge in [-0.25, -0.2) is 4.99 Å². The van der Waals surface area contributed by atoms with E-state index >= 15 is 0 Å². The number of carbonyl (C=O) groups is 1. The van der Waals surface area contributed by atoms with Gasteiger partial charge < -0.3 is 11.1 Å². The minimum atomic E-state index is 0.0800. The summed E-state index contributed by atoms with van der Waals surface area (Å²) in [6, 6.07) is 7.24. The second kappa shape index (κ2) is 5.19. The van der Waals surface area contributed by atoms with Gasteiger partial charge in [0.2, 0.25) is 5.91 Å². The molecular formula is C12H14ClN3O. The van der Waals surface area contributed by atoms with Crippen LogP contribution in [0, 0.1) is 5.92 Å². The number of halogens is 1. The van der Waals surface area contributed by atoms with Gasteiger partial charge in [0.25, 0.3) is 0 Å². The number of hydrogen-bond acceptors (Lipinski definition) is 2. The van der Waals surface area contributed by atoms with Crippen LogP contribution < -0.4 is 11.1 Å². The lowest BCUT2D eigenvalue weighted by Gasteiger charge is -2.05. The maximum atomic E-state index is 11.6. The van der Waals surface area contributed by atoms with Crippen molar-refractivity contribution >= 4 is 34.7 Å². The minimum Gasteiger partial charge on any atom is -0.386 e. The maximum Gasteiger partial charge on any atom is 0.227 e. The fourth-order valence-electron chi connectivity index (χ4n) is 1.44. The molecule has 4 nitrogen and oxygen atoms in total.